The van der Waals surface area contributed by atoms with Gasteiger partial charge in [0.05, 0.1) is 42.9 Å². The maximum atomic E-state index is 6.36. The predicted octanol–water partition coefficient (Wildman–Crippen LogP) is 2.38. The molecule has 0 bridgehead atoms. The maximum Gasteiger partial charge on any atom is 0.242 e. The van der Waals surface area contributed by atoms with Gasteiger partial charge >= 0.3 is 0 Å². The van der Waals surface area contributed by atoms with Gasteiger partial charge in [0.2, 0.25) is 5.88 Å². The topological polar surface area (TPSA) is 88.0 Å². The Kier molecular flexibility index (Phi) is 5.54. The van der Waals surface area contributed by atoms with Crippen molar-refractivity contribution in [1.29, 1.82) is 0 Å². The molecule has 10 heteroatoms. The van der Waals surface area contributed by atoms with Gasteiger partial charge in [0.15, 0.2) is 0 Å². The number of fused-ring (bicyclic) bond motifs is 1. The minimum absolute atomic E-state index is 0.00428. The normalized spacial score (nSPS) is 19.9. The zero-order valence-corrected chi connectivity index (χ0v) is 19.7. The van der Waals surface area contributed by atoms with Crippen LogP contribution in [-0.4, -0.2) is 78.5 Å². The molecule has 2 aliphatic heterocycles. The molecule has 10 nitrogen and oxygen atoms in total. The predicted molar refractivity (Wildman–Crippen MR) is 126 cm³/mol. The molecule has 0 aliphatic carbocycles. The Morgan fingerprint density at radius 1 is 1.06 bits per heavy atom. The van der Waals surface area contributed by atoms with Crippen LogP contribution in [-0.2, 0) is 18.2 Å². The number of hydrogen-bond donors (Lipinski definition) is 0. The number of rotatable bonds is 6. The summed E-state index contributed by atoms with van der Waals surface area (Å²) in [5.74, 6) is 1.32. The van der Waals surface area contributed by atoms with E-state index in [0.29, 0.717) is 31.6 Å². The van der Waals surface area contributed by atoms with Crippen molar-refractivity contribution in [1.82, 2.24) is 39.0 Å². The van der Waals surface area contributed by atoms with Gasteiger partial charge in [-0.3, -0.25) is 9.36 Å². The lowest BCUT2D eigenvalue weighted by molar-refractivity contribution is 0.139. The Morgan fingerprint density at radius 2 is 1.94 bits per heavy atom. The molecule has 0 unspecified atom stereocenters. The third-order valence-electron chi connectivity index (χ3n) is 6.76. The first-order chi connectivity index (χ1) is 16.6. The van der Waals surface area contributed by atoms with Gasteiger partial charge in [0.1, 0.15) is 17.4 Å². The van der Waals surface area contributed by atoms with Crippen molar-refractivity contribution in [2.45, 2.75) is 37.8 Å². The third kappa shape index (κ3) is 4.19. The van der Waals surface area contributed by atoms with Crippen LogP contribution in [0, 0.1) is 0 Å². The van der Waals surface area contributed by atoms with Crippen LogP contribution in [0.1, 0.15) is 36.7 Å². The summed E-state index contributed by atoms with van der Waals surface area (Å²) in [6, 6.07) is 2.47. The van der Waals surface area contributed by atoms with Gasteiger partial charge in [-0.1, -0.05) is 0 Å². The van der Waals surface area contributed by atoms with Gasteiger partial charge in [0, 0.05) is 38.5 Å². The highest BCUT2D eigenvalue weighted by Gasteiger charge is 2.23. The summed E-state index contributed by atoms with van der Waals surface area (Å²) in [6.07, 6.45) is 13.6. The van der Waals surface area contributed by atoms with Crippen LogP contribution in [0.25, 0.3) is 16.7 Å². The zero-order valence-electron chi connectivity index (χ0n) is 19.7. The summed E-state index contributed by atoms with van der Waals surface area (Å²) in [6.45, 7) is 3.52. The van der Waals surface area contributed by atoms with Crippen molar-refractivity contribution in [2.24, 2.45) is 7.05 Å². The lowest BCUT2D eigenvalue weighted by Gasteiger charge is -2.28. The summed E-state index contributed by atoms with van der Waals surface area (Å²) in [4.78, 5) is 12.1. The first kappa shape index (κ1) is 21.3. The lowest BCUT2D eigenvalue weighted by Crippen LogP contribution is -2.31. The number of ether oxygens (including phenoxy) is 2. The van der Waals surface area contributed by atoms with Crippen LogP contribution < -0.4 is 4.74 Å². The Hall–Kier alpha value is -3.24. The molecule has 0 saturated carbocycles. The first-order valence-corrected chi connectivity index (χ1v) is 12.0. The fraction of sp³-hybridized carbons (Fsp3) is 0.500. The van der Waals surface area contributed by atoms with E-state index >= 15 is 0 Å². The molecule has 6 heterocycles. The SMILES string of the molecule is CN1CCC(n2cc(Cc3nc(O[C@H]4CCOC4)c4c(ccn4-c4cnn(C)c4)n3)cn2)CC1. The van der Waals surface area contributed by atoms with Gasteiger partial charge in [-0.05, 0) is 44.6 Å². The van der Waals surface area contributed by atoms with E-state index < -0.39 is 0 Å². The van der Waals surface area contributed by atoms with E-state index in [9.17, 15) is 0 Å². The first-order valence-electron chi connectivity index (χ1n) is 12.0. The van der Waals surface area contributed by atoms with Crippen molar-refractivity contribution in [3.05, 3.63) is 48.4 Å². The number of aryl methyl sites for hydroxylation is 1. The summed E-state index contributed by atoms with van der Waals surface area (Å²) in [5.41, 5.74) is 3.76. The molecule has 0 amide bonds. The highest BCUT2D eigenvalue weighted by molar-refractivity contribution is 5.82. The van der Waals surface area contributed by atoms with E-state index in [1.54, 1.807) is 4.68 Å². The summed E-state index contributed by atoms with van der Waals surface area (Å²) in [5, 5.41) is 8.97. The molecule has 2 fully saturated rings. The van der Waals surface area contributed by atoms with Gasteiger partial charge in [-0.25, -0.2) is 4.98 Å². The molecule has 34 heavy (non-hydrogen) atoms. The molecule has 178 valence electrons. The van der Waals surface area contributed by atoms with E-state index in [1.807, 2.05) is 42.5 Å². The average molecular weight is 463 g/mol. The molecular formula is C24H30N8O2. The van der Waals surface area contributed by atoms with Crippen LogP contribution in [0.2, 0.25) is 0 Å². The van der Waals surface area contributed by atoms with Crippen LogP contribution in [0.4, 0.5) is 0 Å². The van der Waals surface area contributed by atoms with Gasteiger partial charge in [-0.15, -0.1) is 0 Å². The lowest BCUT2D eigenvalue weighted by atomic mass is 10.1. The van der Waals surface area contributed by atoms with Crippen molar-refractivity contribution >= 4 is 11.0 Å². The summed E-state index contributed by atoms with van der Waals surface area (Å²) < 4.78 is 17.8. The molecule has 2 aliphatic rings. The van der Waals surface area contributed by atoms with Crippen molar-refractivity contribution < 1.29 is 9.47 Å². The number of piperidine rings is 1. The van der Waals surface area contributed by atoms with Gasteiger partial charge in [0.25, 0.3) is 0 Å². The number of hydrogen-bond acceptors (Lipinski definition) is 7. The molecule has 4 aromatic heterocycles. The maximum absolute atomic E-state index is 6.36. The Balaban J connectivity index is 1.31. The van der Waals surface area contributed by atoms with E-state index in [-0.39, 0.29) is 6.10 Å². The fourth-order valence-corrected chi connectivity index (χ4v) is 4.84. The molecular weight excluding hydrogens is 432 g/mol. The number of likely N-dealkylation sites (tertiary alicyclic amines) is 1. The molecule has 4 aromatic rings. The molecule has 0 spiro atoms. The molecule has 0 aromatic carbocycles. The highest BCUT2D eigenvalue weighted by Crippen LogP contribution is 2.29. The van der Waals surface area contributed by atoms with Crippen LogP contribution >= 0.6 is 0 Å². The van der Waals surface area contributed by atoms with E-state index in [0.717, 1.165) is 60.5 Å². The largest absolute Gasteiger partial charge is 0.470 e. The van der Waals surface area contributed by atoms with Crippen molar-refractivity contribution in [2.75, 3.05) is 33.4 Å². The second-order valence-electron chi connectivity index (χ2n) is 9.38. The fourth-order valence-electron chi connectivity index (χ4n) is 4.84. The second-order valence-corrected chi connectivity index (χ2v) is 9.38. The molecule has 2 saturated heterocycles. The van der Waals surface area contributed by atoms with E-state index in [4.69, 9.17) is 19.4 Å². The zero-order chi connectivity index (χ0) is 23.1. The van der Waals surface area contributed by atoms with Crippen molar-refractivity contribution in [3.63, 3.8) is 0 Å². The smallest absolute Gasteiger partial charge is 0.242 e. The number of aromatic nitrogens is 7. The van der Waals surface area contributed by atoms with Crippen LogP contribution in [0.3, 0.4) is 0 Å². The summed E-state index contributed by atoms with van der Waals surface area (Å²) >= 11 is 0. The van der Waals surface area contributed by atoms with Gasteiger partial charge < -0.3 is 18.9 Å². The average Bonchev–Trinajstić information content (AvgIpc) is 3.62. The van der Waals surface area contributed by atoms with Crippen LogP contribution in [0.5, 0.6) is 5.88 Å². The molecule has 0 N–H and O–H groups in total. The standard InChI is InChI=1S/C24H30N8O2/c1-29-7-3-18(4-8-29)32-14-17(12-26-32)11-22-27-21-5-9-31(19-13-25-30(2)15-19)23(21)24(28-22)34-20-6-10-33-16-20/h5,9,12-15,18,20H,3-4,6-8,10-11,16H2,1-2H3/t20-/m0/s1. The number of nitrogens with zero attached hydrogens (tertiary/aromatic N) is 8. The Labute approximate surface area is 198 Å². The monoisotopic (exact) mass is 462 g/mol. The highest BCUT2D eigenvalue weighted by atomic mass is 16.5. The molecule has 6 rings (SSSR count). The van der Waals surface area contributed by atoms with E-state index in [2.05, 4.69) is 33.0 Å². The third-order valence-corrected chi connectivity index (χ3v) is 6.76. The minimum Gasteiger partial charge on any atom is -0.470 e. The Morgan fingerprint density at radius 3 is 2.71 bits per heavy atom. The Bertz CT molecular complexity index is 1280. The minimum atomic E-state index is -0.00428. The van der Waals surface area contributed by atoms with Gasteiger partial charge in [-0.2, -0.15) is 15.2 Å². The van der Waals surface area contributed by atoms with E-state index in [1.165, 1.54) is 0 Å². The molecule has 0 radical (unpaired) electrons. The summed E-state index contributed by atoms with van der Waals surface area (Å²) in [7, 11) is 4.08. The van der Waals surface area contributed by atoms with Crippen LogP contribution in [0.15, 0.2) is 37.1 Å². The van der Waals surface area contributed by atoms with Crippen molar-refractivity contribution in [3.8, 4) is 11.6 Å². The molecule has 1 atom stereocenters. The second kappa shape index (κ2) is 8.84. The quantitative estimate of drug-likeness (QED) is 0.435.